The van der Waals surface area contributed by atoms with Gasteiger partial charge in [0.2, 0.25) is 0 Å². The smallest absolute Gasteiger partial charge is 0.143 e. The quantitative estimate of drug-likeness (QED) is 0.774. The van der Waals surface area contributed by atoms with Crippen molar-refractivity contribution in [3.8, 4) is 0 Å². The van der Waals surface area contributed by atoms with Crippen molar-refractivity contribution >= 4 is 5.78 Å². The van der Waals surface area contributed by atoms with Crippen molar-refractivity contribution in [1.29, 1.82) is 0 Å². The summed E-state index contributed by atoms with van der Waals surface area (Å²) in [5, 5.41) is 0. The van der Waals surface area contributed by atoms with Crippen molar-refractivity contribution in [1.82, 2.24) is 4.90 Å². The van der Waals surface area contributed by atoms with E-state index in [1.54, 1.807) is 0 Å². The summed E-state index contributed by atoms with van der Waals surface area (Å²) in [7, 11) is 2.14. The fourth-order valence-corrected chi connectivity index (χ4v) is 2.95. The molecule has 1 saturated heterocycles. The molecule has 0 aromatic heterocycles. The van der Waals surface area contributed by atoms with E-state index in [1.807, 2.05) is 33.8 Å². The minimum Gasteiger partial charge on any atom is -0.306 e. The fraction of sp³-hybridized carbons (Fsp3) is 0.650. The van der Waals surface area contributed by atoms with Gasteiger partial charge in [0.25, 0.3) is 0 Å². The highest BCUT2D eigenvalue weighted by atomic mass is 16.1. The molecule has 0 atom stereocenters. The molecule has 1 fully saturated rings. The minimum absolute atomic E-state index is 0.218. The van der Waals surface area contributed by atoms with Gasteiger partial charge in [0, 0.05) is 6.42 Å². The van der Waals surface area contributed by atoms with Crippen LogP contribution < -0.4 is 0 Å². The first-order valence-electron chi connectivity index (χ1n) is 8.96. The molecule has 0 bridgehead atoms. The monoisotopic (exact) mass is 305 g/mol. The Bertz CT molecular complexity index is 391. The number of nitrogens with zero attached hydrogens (tertiary/aromatic N) is 1. The molecule has 0 saturated carbocycles. The molecular weight excluding hydrogens is 270 g/mol. The van der Waals surface area contributed by atoms with Gasteiger partial charge >= 0.3 is 0 Å². The topological polar surface area (TPSA) is 20.3 Å². The maximum absolute atomic E-state index is 12.6. The van der Waals surface area contributed by atoms with Crippen molar-refractivity contribution in [2.24, 2.45) is 0 Å². The van der Waals surface area contributed by atoms with Gasteiger partial charge in [0.1, 0.15) is 5.78 Å². The minimum atomic E-state index is -0.218. The van der Waals surface area contributed by atoms with E-state index in [2.05, 4.69) is 43.1 Å². The van der Waals surface area contributed by atoms with E-state index in [9.17, 15) is 4.79 Å². The van der Waals surface area contributed by atoms with E-state index < -0.39 is 0 Å². The molecule has 126 valence electrons. The number of benzene rings is 1. The highest BCUT2D eigenvalue weighted by Crippen LogP contribution is 2.37. The Morgan fingerprint density at radius 1 is 1.05 bits per heavy atom. The highest BCUT2D eigenvalue weighted by molar-refractivity contribution is 5.90. The van der Waals surface area contributed by atoms with Crippen molar-refractivity contribution in [2.45, 2.75) is 65.7 Å². The zero-order valence-electron chi connectivity index (χ0n) is 15.5. The molecule has 0 radical (unpaired) electrons. The van der Waals surface area contributed by atoms with E-state index >= 15 is 0 Å². The number of Topliss-reactive ketones (excluding diaryl/α,β-unsaturated/α-hetero) is 1. The number of likely N-dealkylation sites (tertiary alicyclic amines) is 1. The molecule has 2 rings (SSSR count). The predicted octanol–water partition coefficient (Wildman–Crippen LogP) is 5.07. The molecule has 1 aromatic rings. The van der Waals surface area contributed by atoms with Gasteiger partial charge in [-0.25, -0.2) is 0 Å². The molecular formula is C20H35NO. The lowest BCUT2D eigenvalue weighted by Crippen LogP contribution is -2.46. The average Bonchev–Trinajstić information content (AvgIpc) is 2.60. The highest BCUT2D eigenvalue weighted by Gasteiger charge is 2.40. The van der Waals surface area contributed by atoms with Crippen LogP contribution in [0.15, 0.2) is 30.3 Å². The third-order valence-corrected chi connectivity index (χ3v) is 4.18. The van der Waals surface area contributed by atoms with Crippen molar-refractivity contribution in [3.63, 3.8) is 0 Å². The van der Waals surface area contributed by atoms with E-state index in [0.717, 1.165) is 32.4 Å². The second-order valence-corrected chi connectivity index (χ2v) is 5.42. The van der Waals surface area contributed by atoms with Gasteiger partial charge in [-0.3, -0.25) is 4.79 Å². The predicted molar refractivity (Wildman–Crippen MR) is 97.5 cm³/mol. The van der Waals surface area contributed by atoms with Gasteiger partial charge in [-0.1, -0.05) is 65.0 Å². The Morgan fingerprint density at radius 2 is 1.55 bits per heavy atom. The second kappa shape index (κ2) is 11.4. The van der Waals surface area contributed by atoms with E-state index in [1.165, 1.54) is 5.56 Å². The molecule has 0 spiro atoms. The maximum atomic E-state index is 12.6. The van der Waals surface area contributed by atoms with Crippen LogP contribution in [0.3, 0.4) is 0 Å². The Balaban J connectivity index is 0.00000102. The van der Waals surface area contributed by atoms with Crippen LogP contribution in [-0.4, -0.2) is 30.8 Å². The summed E-state index contributed by atoms with van der Waals surface area (Å²) in [6, 6.07) is 10.4. The van der Waals surface area contributed by atoms with Crippen LogP contribution in [0, 0.1) is 0 Å². The largest absolute Gasteiger partial charge is 0.306 e. The fourth-order valence-electron chi connectivity index (χ4n) is 2.95. The second-order valence-electron chi connectivity index (χ2n) is 5.42. The molecule has 0 aliphatic carbocycles. The van der Waals surface area contributed by atoms with Gasteiger partial charge < -0.3 is 4.90 Å². The van der Waals surface area contributed by atoms with Gasteiger partial charge in [-0.2, -0.15) is 0 Å². The molecule has 1 aliphatic rings. The Morgan fingerprint density at radius 3 is 2.00 bits per heavy atom. The standard InChI is InChI=1S/C16H23NO.2C2H6/c1-3-7-15(18)16(10-12-17(2)13-11-16)14-8-5-4-6-9-14;2*1-2/h4-6,8-9H,3,7,10-13H2,1-2H3;2*1-2H3. The number of piperidine rings is 1. The lowest BCUT2D eigenvalue weighted by atomic mass is 9.69. The van der Waals surface area contributed by atoms with Crippen LogP contribution in [0.5, 0.6) is 0 Å². The molecule has 2 heteroatoms. The SMILES string of the molecule is CC.CC.CCCC(=O)C1(c2ccccc2)CCN(C)CC1. The first kappa shape index (κ1) is 20.9. The first-order chi connectivity index (χ1) is 10.7. The zero-order chi connectivity index (χ0) is 17.0. The number of ketones is 1. The molecule has 0 unspecified atom stereocenters. The molecule has 1 aliphatic heterocycles. The van der Waals surface area contributed by atoms with Crippen LogP contribution in [0.2, 0.25) is 0 Å². The van der Waals surface area contributed by atoms with Crippen molar-refractivity contribution in [3.05, 3.63) is 35.9 Å². The third kappa shape index (κ3) is 5.24. The molecule has 22 heavy (non-hydrogen) atoms. The maximum Gasteiger partial charge on any atom is 0.143 e. The Hall–Kier alpha value is -1.15. The first-order valence-corrected chi connectivity index (χ1v) is 8.96. The van der Waals surface area contributed by atoms with Crippen LogP contribution in [0.4, 0.5) is 0 Å². The van der Waals surface area contributed by atoms with Crippen LogP contribution in [0.1, 0.15) is 65.9 Å². The van der Waals surface area contributed by atoms with Gasteiger partial charge in [0.15, 0.2) is 0 Å². The third-order valence-electron chi connectivity index (χ3n) is 4.18. The van der Waals surface area contributed by atoms with E-state index in [-0.39, 0.29) is 5.41 Å². The summed E-state index contributed by atoms with van der Waals surface area (Å²) >= 11 is 0. The lowest BCUT2D eigenvalue weighted by Gasteiger charge is -2.40. The number of carbonyl (C=O) groups excluding carboxylic acids is 1. The number of rotatable bonds is 4. The molecule has 0 N–H and O–H groups in total. The van der Waals surface area contributed by atoms with E-state index in [0.29, 0.717) is 12.2 Å². The van der Waals surface area contributed by atoms with Gasteiger partial charge in [0.05, 0.1) is 5.41 Å². The van der Waals surface area contributed by atoms with Crippen molar-refractivity contribution in [2.75, 3.05) is 20.1 Å². The average molecular weight is 306 g/mol. The zero-order valence-corrected chi connectivity index (χ0v) is 15.5. The molecule has 1 aromatic carbocycles. The normalized spacial score (nSPS) is 16.6. The van der Waals surface area contributed by atoms with Gasteiger partial charge in [-0.15, -0.1) is 0 Å². The van der Waals surface area contributed by atoms with E-state index in [4.69, 9.17) is 0 Å². The Kier molecular flexibility index (Phi) is 10.8. The number of carbonyl (C=O) groups is 1. The summed E-state index contributed by atoms with van der Waals surface area (Å²) in [6.07, 6.45) is 3.58. The summed E-state index contributed by atoms with van der Waals surface area (Å²) in [4.78, 5) is 14.9. The summed E-state index contributed by atoms with van der Waals surface area (Å²) < 4.78 is 0. The van der Waals surface area contributed by atoms with Crippen LogP contribution in [-0.2, 0) is 10.2 Å². The molecule has 1 heterocycles. The van der Waals surface area contributed by atoms with Crippen LogP contribution in [0.25, 0.3) is 0 Å². The lowest BCUT2D eigenvalue weighted by molar-refractivity contribution is -0.126. The number of hydrogen-bond donors (Lipinski definition) is 0. The summed E-state index contributed by atoms with van der Waals surface area (Å²) in [5.74, 6) is 0.435. The van der Waals surface area contributed by atoms with Crippen LogP contribution >= 0.6 is 0 Å². The number of hydrogen-bond acceptors (Lipinski definition) is 2. The Labute approximate surface area is 137 Å². The van der Waals surface area contributed by atoms with Crippen molar-refractivity contribution < 1.29 is 4.79 Å². The molecule has 0 amide bonds. The summed E-state index contributed by atoms with van der Waals surface area (Å²) in [6.45, 7) is 12.1. The summed E-state index contributed by atoms with van der Waals surface area (Å²) in [5.41, 5.74) is 1.00. The molecule has 2 nitrogen and oxygen atoms in total. The van der Waals surface area contributed by atoms with Gasteiger partial charge in [-0.05, 0) is 45.0 Å².